The summed E-state index contributed by atoms with van der Waals surface area (Å²) in [5.74, 6) is 0.0983. The number of hydrogen-bond acceptors (Lipinski definition) is 4. The first-order chi connectivity index (χ1) is 17.8. The van der Waals surface area contributed by atoms with Crippen molar-refractivity contribution in [2.24, 2.45) is 5.92 Å². The Hall–Kier alpha value is -3.03. The third-order valence-corrected chi connectivity index (χ3v) is 8.82. The molecule has 37 heavy (non-hydrogen) atoms. The van der Waals surface area contributed by atoms with Crippen molar-refractivity contribution in [2.75, 3.05) is 26.7 Å². The van der Waals surface area contributed by atoms with Crippen molar-refractivity contribution in [3.8, 4) is 0 Å². The van der Waals surface area contributed by atoms with Gasteiger partial charge < -0.3 is 15.1 Å². The molecule has 5 rings (SSSR count). The van der Waals surface area contributed by atoms with Gasteiger partial charge in [-0.25, -0.2) is 4.39 Å². The van der Waals surface area contributed by atoms with Gasteiger partial charge in [0.1, 0.15) is 5.82 Å². The molecule has 0 spiro atoms. The second kappa shape index (κ2) is 10.4. The van der Waals surface area contributed by atoms with E-state index in [9.17, 15) is 14.0 Å². The summed E-state index contributed by atoms with van der Waals surface area (Å²) in [6.45, 7) is 4.63. The monoisotopic (exact) mass is 519 g/mol. The number of nitrogens with one attached hydrogen (secondary N) is 1. The van der Waals surface area contributed by atoms with Crippen molar-refractivity contribution in [1.29, 1.82) is 0 Å². The highest BCUT2D eigenvalue weighted by atomic mass is 32.1. The molecule has 1 saturated carbocycles. The summed E-state index contributed by atoms with van der Waals surface area (Å²) < 4.78 is 13.3. The number of benzene rings is 2. The van der Waals surface area contributed by atoms with Crippen LogP contribution in [0.25, 0.3) is 0 Å². The van der Waals surface area contributed by atoms with Crippen LogP contribution >= 0.6 is 11.3 Å². The number of carbonyl (C=O) groups is 2. The molecule has 1 N–H and O–H groups in total. The fraction of sp³-hybridized carbons (Fsp3) is 0.400. The Labute approximate surface area is 222 Å². The number of piperidine rings is 1. The summed E-state index contributed by atoms with van der Waals surface area (Å²) in [4.78, 5) is 30.2. The molecule has 1 aromatic heterocycles. The minimum absolute atomic E-state index is 0.00856. The molecule has 0 radical (unpaired) electrons. The highest BCUT2D eigenvalue weighted by Crippen LogP contribution is 2.56. The fourth-order valence-corrected chi connectivity index (χ4v) is 6.83. The van der Waals surface area contributed by atoms with E-state index in [1.54, 1.807) is 35.3 Å². The van der Waals surface area contributed by atoms with Crippen LogP contribution in [0, 0.1) is 11.7 Å². The number of likely N-dealkylation sites (tertiary alicyclic amines) is 1. The van der Waals surface area contributed by atoms with E-state index in [-0.39, 0.29) is 29.1 Å². The van der Waals surface area contributed by atoms with E-state index in [0.717, 1.165) is 55.6 Å². The van der Waals surface area contributed by atoms with Crippen molar-refractivity contribution in [1.82, 2.24) is 15.1 Å². The maximum atomic E-state index is 13.8. The molecule has 2 fully saturated rings. The topological polar surface area (TPSA) is 52.7 Å². The molecular formula is C30H34FN3O2S. The van der Waals surface area contributed by atoms with Gasteiger partial charge in [0.15, 0.2) is 0 Å². The van der Waals surface area contributed by atoms with Gasteiger partial charge >= 0.3 is 0 Å². The van der Waals surface area contributed by atoms with Crippen LogP contribution in [0.3, 0.4) is 0 Å². The zero-order valence-electron chi connectivity index (χ0n) is 21.5. The molecule has 2 aromatic carbocycles. The predicted molar refractivity (Wildman–Crippen MR) is 145 cm³/mol. The first-order valence-corrected chi connectivity index (χ1v) is 13.9. The highest BCUT2D eigenvalue weighted by Gasteiger charge is 2.62. The average molecular weight is 520 g/mol. The van der Waals surface area contributed by atoms with Gasteiger partial charge in [0.05, 0.1) is 11.0 Å². The first-order valence-electron chi connectivity index (χ1n) is 12.9. The zero-order chi connectivity index (χ0) is 26.0. The van der Waals surface area contributed by atoms with Gasteiger partial charge in [-0.15, -0.1) is 0 Å². The van der Waals surface area contributed by atoms with Gasteiger partial charge in [0.25, 0.3) is 0 Å². The molecule has 1 aliphatic carbocycles. The van der Waals surface area contributed by atoms with Crippen LogP contribution in [0.15, 0.2) is 71.4 Å². The molecule has 194 valence electrons. The van der Waals surface area contributed by atoms with Crippen LogP contribution in [0.2, 0.25) is 0 Å². The highest BCUT2D eigenvalue weighted by molar-refractivity contribution is 7.08. The molecule has 0 unspecified atom stereocenters. The summed E-state index contributed by atoms with van der Waals surface area (Å²) in [6, 6.07) is 18.7. The Bertz CT molecular complexity index is 1220. The number of nitrogens with zero attached hydrogens (tertiary/aromatic N) is 2. The summed E-state index contributed by atoms with van der Waals surface area (Å²) in [5.41, 5.74) is 2.33. The lowest BCUT2D eigenvalue weighted by Gasteiger charge is -2.43. The fourth-order valence-electron chi connectivity index (χ4n) is 6.09. The van der Waals surface area contributed by atoms with Gasteiger partial charge in [-0.05, 0) is 70.8 Å². The van der Waals surface area contributed by atoms with Crippen LogP contribution in [0.4, 0.5) is 4.39 Å². The third kappa shape index (κ3) is 5.20. The van der Waals surface area contributed by atoms with E-state index in [2.05, 4.69) is 33.8 Å². The molecule has 5 nitrogen and oxygen atoms in total. The molecule has 2 heterocycles. The quantitative estimate of drug-likeness (QED) is 0.459. The van der Waals surface area contributed by atoms with Crippen molar-refractivity contribution < 1.29 is 14.0 Å². The molecule has 1 saturated heterocycles. The molecular weight excluding hydrogens is 485 g/mol. The van der Waals surface area contributed by atoms with Crippen molar-refractivity contribution >= 4 is 23.2 Å². The van der Waals surface area contributed by atoms with Crippen molar-refractivity contribution in [2.45, 2.75) is 43.7 Å². The summed E-state index contributed by atoms with van der Waals surface area (Å²) in [5, 5.41) is 7.40. The van der Waals surface area contributed by atoms with Gasteiger partial charge in [-0.1, -0.05) is 42.5 Å². The van der Waals surface area contributed by atoms with E-state index >= 15 is 0 Å². The van der Waals surface area contributed by atoms with Crippen molar-refractivity contribution in [3.63, 3.8) is 0 Å². The number of carbonyl (C=O) groups excluding carboxylic acids is 2. The maximum absolute atomic E-state index is 13.8. The number of likely N-dealkylation sites (N-methyl/N-ethyl adjacent to an activating group) is 1. The normalized spacial score (nSPS) is 22.8. The second-order valence-electron chi connectivity index (χ2n) is 10.6. The Morgan fingerprint density at radius 1 is 1.05 bits per heavy atom. The van der Waals surface area contributed by atoms with E-state index in [1.165, 1.54) is 12.1 Å². The predicted octanol–water partition coefficient (Wildman–Crippen LogP) is 4.93. The Kier molecular flexibility index (Phi) is 7.19. The zero-order valence-corrected chi connectivity index (χ0v) is 22.3. The van der Waals surface area contributed by atoms with E-state index < -0.39 is 5.41 Å². The lowest BCUT2D eigenvalue weighted by Crippen LogP contribution is -2.53. The van der Waals surface area contributed by atoms with Crippen LogP contribution < -0.4 is 5.32 Å². The Morgan fingerprint density at radius 3 is 2.38 bits per heavy atom. The molecule has 7 heteroatoms. The van der Waals surface area contributed by atoms with E-state index in [4.69, 9.17) is 0 Å². The Morgan fingerprint density at radius 2 is 1.76 bits per heavy atom. The average Bonchev–Trinajstić information content (AvgIpc) is 3.33. The number of thiophene rings is 1. The van der Waals surface area contributed by atoms with E-state index in [0.29, 0.717) is 6.54 Å². The van der Waals surface area contributed by atoms with E-state index in [1.807, 2.05) is 30.6 Å². The number of amides is 2. The molecule has 1 aliphatic heterocycles. The smallest absolute Gasteiger partial charge is 0.233 e. The first kappa shape index (κ1) is 25.6. The maximum Gasteiger partial charge on any atom is 0.233 e. The Balaban J connectivity index is 1.28. The summed E-state index contributed by atoms with van der Waals surface area (Å²) >= 11 is 1.63. The van der Waals surface area contributed by atoms with Gasteiger partial charge in [-0.2, -0.15) is 11.3 Å². The van der Waals surface area contributed by atoms with Crippen LogP contribution in [-0.2, 0) is 27.1 Å². The lowest BCUT2D eigenvalue weighted by molar-refractivity contribution is -0.133. The van der Waals surface area contributed by atoms with Crippen LogP contribution in [0.1, 0.15) is 42.9 Å². The summed E-state index contributed by atoms with van der Waals surface area (Å²) in [7, 11) is 1.84. The molecule has 3 aromatic rings. The second-order valence-corrected chi connectivity index (χ2v) is 11.4. The van der Waals surface area contributed by atoms with Gasteiger partial charge in [0.2, 0.25) is 11.8 Å². The van der Waals surface area contributed by atoms with Crippen LogP contribution in [0.5, 0.6) is 0 Å². The number of halogens is 1. The number of rotatable bonds is 8. The minimum Gasteiger partial charge on any atom is -0.347 e. The lowest BCUT2D eigenvalue weighted by atomic mass is 9.80. The standard InChI is InChI=1S/C30H34FN3O2S/c1-22(35)32-29(24-6-4-3-5-7-24)13-15-34(16-14-29)20-26-18-30(26,25-12-17-37-21-25)28(36)33(2)19-23-8-10-27(31)11-9-23/h3-12,17,21,26H,13-16,18-20H2,1-2H3,(H,32,35)/t26-,30+/m0/s1. The third-order valence-electron chi connectivity index (χ3n) is 8.13. The van der Waals surface area contributed by atoms with Crippen LogP contribution in [-0.4, -0.2) is 48.3 Å². The van der Waals surface area contributed by atoms with Gasteiger partial charge in [-0.3, -0.25) is 9.59 Å². The molecule has 2 aliphatic rings. The minimum atomic E-state index is -0.500. The SMILES string of the molecule is CC(=O)NC1(c2ccccc2)CCN(C[C@@H]2C[C@@]2(C(=O)N(C)Cc2ccc(F)cc2)c2ccsc2)CC1. The molecule has 0 bridgehead atoms. The largest absolute Gasteiger partial charge is 0.347 e. The van der Waals surface area contributed by atoms with Crippen molar-refractivity contribution in [3.05, 3.63) is 93.9 Å². The molecule has 2 amide bonds. The number of hydrogen-bond donors (Lipinski definition) is 1. The summed E-state index contributed by atoms with van der Waals surface area (Å²) in [6.07, 6.45) is 2.52. The molecule has 2 atom stereocenters. The van der Waals surface area contributed by atoms with Gasteiger partial charge in [0, 0.05) is 40.2 Å².